The maximum Gasteiger partial charge on any atom is 0.275 e. The van der Waals surface area contributed by atoms with E-state index in [1.807, 2.05) is 0 Å². The summed E-state index contributed by atoms with van der Waals surface area (Å²) >= 11 is 0. The Morgan fingerprint density at radius 2 is 1.91 bits per heavy atom. The van der Waals surface area contributed by atoms with E-state index in [0.717, 1.165) is 35.8 Å². The first kappa shape index (κ1) is 14.7. The van der Waals surface area contributed by atoms with E-state index in [-0.39, 0.29) is 17.2 Å². The maximum atomic E-state index is 12.2. The van der Waals surface area contributed by atoms with Crippen molar-refractivity contribution in [1.82, 2.24) is 5.43 Å². The standard InChI is InChI=1S/C19H24N2O2/c1-11-8-15-12-6-7-13(9-12)16(15)10-17(11)20-21-19(23)14-4-2-3-5-18(14)22/h2-5,11-13,15-16,22H,6-10H2,1H3,(H,21,23)/b20-17+/t11-,12-,13+,15+,16+/m1/s1. The van der Waals surface area contributed by atoms with Gasteiger partial charge >= 0.3 is 0 Å². The summed E-state index contributed by atoms with van der Waals surface area (Å²) in [5.74, 6) is 3.61. The van der Waals surface area contributed by atoms with Crippen LogP contribution in [-0.4, -0.2) is 16.7 Å². The van der Waals surface area contributed by atoms with Crippen molar-refractivity contribution in [3.8, 4) is 5.75 Å². The number of benzene rings is 1. The number of amides is 1. The van der Waals surface area contributed by atoms with Gasteiger partial charge in [0.15, 0.2) is 0 Å². The van der Waals surface area contributed by atoms with Crippen LogP contribution in [0.2, 0.25) is 0 Å². The molecule has 2 bridgehead atoms. The molecule has 0 unspecified atom stereocenters. The van der Waals surface area contributed by atoms with Gasteiger partial charge in [0.2, 0.25) is 0 Å². The van der Waals surface area contributed by atoms with Crippen molar-refractivity contribution in [2.75, 3.05) is 0 Å². The van der Waals surface area contributed by atoms with E-state index in [1.54, 1.807) is 18.2 Å². The zero-order chi connectivity index (χ0) is 16.0. The summed E-state index contributed by atoms with van der Waals surface area (Å²) in [6, 6.07) is 6.58. The molecule has 1 aromatic rings. The zero-order valence-electron chi connectivity index (χ0n) is 13.5. The molecule has 0 heterocycles. The average molecular weight is 312 g/mol. The quantitative estimate of drug-likeness (QED) is 0.820. The molecule has 4 heteroatoms. The van der Waals surface area contributed by atoms with Crippen LogP contribution in [0.4, 0.5) is 0 Å². The van der Waals surface area contributed by atoms with Gasteiger partial charge in [0.1, 0.15) is 5.75 Å². The van der Waals surface area contributed by atoms with Crippen molar-refractivity contribution in [2.45, 2.75) is 39.0 Å². The predicted octanol–water partition coefficient (Wildman–Crippen LogP) is 3.57. The van der Waals surface area contributed by atoms with E-state index < -0.39 is 0 Å². The minimum atomic E-state index is -0.335. The smallest absolute Gasteiger partial charge is 0.275 e. The SMILES string of the molecule is C[C@@H]1C[C@H]2[C@@H]3CC[C@@H](C3)[C@@H]2C/C1=N\NC(=O)c1ccccc1O. The Hall–Kier alpha value is -1.84. The van der Waals surface area contributed by atoms with E-state index in [1.165, 1.54) is 31.7 Å². The molecule has 122 valence electrons. The molecule has 0 spiro atoms. The fourth-order valence-corrected chi connectivity index (χ4v) is 5.21. The summed E-state index contributed by atoms with van der Waals surface area (Å²) in [7, 11) is 0. The van der Waals surface area contributed by atoms with Gasteiger partial charge in [-0.1, -0.05) is 19.1 Å². The van der Waals surface area contributed by atoms with Crippen LogP contribution >= 0.6 is 0 Å². The number of nitrogens with one attached hydrogen (secondary N) is 1. The average Bonchev–Trinajstić information content (AvgIpc) is 3.14. The summed E-state index contributed by atoms with van der Waals surface area (Å²) < 4.78 is 0. The molecule has 0 saturated heterocycles. The predicted molar refractivity (Wildman–Crippen MR) is 89.2 cm³/mol. The number of phenols is 1. The van der Waals surface area contributed by atoms with E-state index in [9.17, 15) is 9.90 Å². The summed E-state index contributed by atoms with van der Waals surface area (Å²) in [5, 5.41) is 14.2. The summed E-state index contributed by atoms with van der Waals surface area (Å²) in [5.41, 5.74) is 4.06. The van der Waals surface area contributed by atoms with Crippen LogP contribution in [0.5, 0.6) is 5.75 Å². The third-order valence-electron chi connectivity index (χ3n) is 6.36. The number of carbonyl (C=O) groups is 1. The molecule has 3 aliphatic rings. The third kappa shape index (κ3) is 2.54. The zero-order valence-corrected chi connectivity index (χ0v) is 13.5. The summed E-state index contributed by atoms with van der Waals surface area (Å²) in [6.45, 7) is 2.23. The molecule has 4 nitrogen and oxygen atoms in total. The van der Waals surface area contributed by atoms with Crippen LogP contribution in [0.3, 0.4) is 0 Å². The molecule has 0 radical (unpaired) electrons. The number of rotatable bonds is 2. The van der Waals surface area contributed by atoms with Gasteiger partial charge in [-0.25, -0.2) is 5.43 Å². The van der Waals surface area contributed by atoms with Gasteiger partial charge in [-0.05, 0) is 73.8 Å². The van der Waals surface area contributed by atoms with Crippen molar-refractivity contribution in [1.29, 1.82) is 0 Å². The molecule has 0 aliphatic heterocycles. The first-order chi connectivity index (χ1) is 11.1. The lowest BCUT2D eigenvalue weighted by atomic mass is 9.67. The second kappa shape index (κ2) is 5.66. The monoisotopic (exact) mass is 312 g/mol. The first-order valence-corrected chi connectivity index (χ1v) is 8.78. The molecule has 0 aromatic heterocycles. The number of phenolic OH excluding ortho intramolecular Hbond substituents is 1. The second-order valence-corrected chi connectivity index (χ2v) is 7.56. The molecular weight excluding hydrogens is 288 g/mol. The molecular formula is C19H24N2O2. The van der Waals surface area contributed by atoms with Crippen molar-refractivity contribution in [3.63, 3.8) is 0 Å². The number of hydrogen-bond acceptors (Lipinski definition) is 3. The highest BCUT2D eigenvalue weighted by molar-refractivity contribution is 5.98. The van der Waals surface area contributed by atoms with Crippen molar-refractivity contribution < 1.29 is 9.90 Å². The Labute approximate surface area is 137 Å². The lowest BCUT2D eigenvalue weighted by Crippen LogP contribution is -2.36. The van der Waals surface area contributed by atoms with Crippen LogP contribution in [0.15, 0.2) is 29.4 Å². The lowest BCUT2D eigenvalue weighted by Gasteiger charge is -2.38. The molecule has 1 aromatic carbocycles. The topological polar surface area (TPSA) is 61.7 Å². The highest BCUT2D eigenvalue weighted by Gasteiger charge is 2.50. The van der Waals surface area contributed by atoms with E-state index in [4.69, 9.17) is 0 Å². The Morgan fingerprint density at radius 1 is 1.17 bits per heavy atom. The Kier molecular flexibility index (Phi) is 3.63. The number of aromatic hydroxyl groups is 1. The number of para-hydroxylation sites is 1. The lowest BCUT2D eigenvalue weighted by molar-refractivity contribution is 0.0951. The normalized spacial score (nSPS) is 36.9. The number of fused-ring (bicyclic) bond motifs is 5. The second-order valence-electron chi connectivity index (χ2n) is 7.56. The molecule has 4 rings (SSSR count). The van der Waals surface area contributed by atoms with Crippen LogP contribution in [0.25, 0.3) is 0 Å². The summed E-state index contributed by atoms with van der Waals surface area (Å²) in [6.07, 6.45) is 6.48. The fraction of sp³-hybridized carbons (Fsp3) is 0.579. The van der Waals surface area contributed by atoms with Gasteiger partial charge in [-0.15, -0.1) is 0 Å². The van der Waals surface area contributed by atoms with Gasteiger partial charge in [-0.3, -0.25) is 4.79 Å². The Balaban J connectivity index is 1.46. The molecule has 1 amide bonds. The maximum absolute atomic E-state index is 12.2. The van der Waals surface area contributed by atoms with Gasteiger partial charge in [0, 0.05) is 5.71 Å². The molecule has 3 aliphatic carbocycles. The van der Waals surface area contributed by atoms with E-state index in [2.05, 4.69) is 17.5 Å². The highest BCUT2D eigenvalue weighted by atomic mass is 16.3. The van der Waals surface area contributed by atoms with Crippen molar-refractivity contribution >= 4 is 11.6 Å². The number of nitrogens with zero attached hydrogens (tertiary/aromatic N) is 1. The molecule has 3 fully saturated rings. The molecule has 3 saturated carbocycles. The Bertz CT molecular complexity index is 655. The fourth-order valence-electron chi connectivity index (χ4n) is 5.21. The minimum Gasteiger partial charge on any atom is -0.507 e. The van der Waals surface area contributed by atoms with Gasteiger partial charge in [0.25, 0.3) is 5.91 Å². The summed E-state index contributed by atoms with van der Waals surface area (Å²) in [4.78, 5) is 12.2. The number of hydrogen-bond donors (Lipinski definition) is 2. The van der Waals surface area contributed by atoms with Crippen LogP contribution in [0, 0.1) is 29.6 Å². The van der Waals surface area contributed by atoms with E-state index >= 15 is 0 Å². The van der Waals surface area contributed by atoms with Gasteiger partial charge in [0.05, 0.1) is 5.56 Å². The Morgan fingerprint density at radius 3 is 2.70 bits per heavy atom. The number of carbonyl (C=O) groups excluding carboxylic acids is 1. The minimum absolute atomic E-state index is 0.00457. The largest absolute Gasteiger partial charge is 0.507 e. The van der Waals surface area contributed by atoms with E-state index in [0.29, 0.717) is 5.92 Å². The van der Waals surface area contributed by atoms with Crippen LogP contribution in [-0.2, 0) is 0 Å². The van der Waals surface area contributed by atoms with Gasteiger partial charge < -0.3 is 5.11 Å². The highest BCUT2D eigenvalue weighted by Crippen LogP contribution is 2.57. The van der Waals surface area contributed by atoms with Crippen molar-refractivity contribution in [2.24, 2.45) is 34.7 Å². The first-order valence-electron chi connectivity index (χ1n) is 8.78. The van der Waals surface area contributed by atoms with Crippen molar-refractivity contribution in [3.05, 3.63) is 29.8 Å². The van der Waals surface area contributed by atoms with Crippen LogP contribution < -0.4 is 5.43 Å². The van der Waals surface area contributed by atoms with Gasteiger partial charge in [-0.2, -0.15) is 5.10 Å². The molecule has 5 atom stereocenters. The molecule has 2 N–H and O–H groups in total. The molecule has 23 heavy (non-hydrogen) atoms. The third-order valence-corrected chi connectivity index (χ3v) is 6.36. The van der Waals surface area contributed by atoms with Crippen LogP contribution in [0.1, 0.15) is 49.4 Å². The number of hydrazone groups is 1.